The zero-order chi connectivity index (χ0) is 17.9. The molecular weight excluding hydrogens is 350 g/mol. The topological polar surface area (TPSA) is 72.4 Å². The summed E-state index contributed by atoms with van der Waals surface area (Å²) < 4.78 is 27.8. The molecule has 0 bridgehead atoms. The molecule has 1 aromatic heterocycles. The van der Waals surface area contributed by atoms with Gasteiger partial charge in [0.05, 0.1) is 36.2 Å². The molecule has 4 rings (SSSR count). The summed E-state index contributed by atoms with van der Waals surface area (Å²) in [5.41, 5.74) is 4.26. The number of hydrogen-bond donors (Lipinski definition) is 1. The number of nitrogens with zero attached hydrogens (tertiary/aromatic N) is 3. The Morgan fingerprint density at radius 1 is 1.04 bits per heavy atom. The van der Waals surface area contributed by atoms with Crippen LogP contribution in [0.25, 0.3) is 22.2 Å². The van der Waals surface area contributed by atoms with Crippen LogP contribution in [-0.4, -0.2) is 44.7 Å². The van der Waals surface area contributed by atoms with Gasteiger partial charge in [-0.2, -0.15) is 0 Å². The van der Waals surface area contributed by atoms with Crippen LogP contribution in [0, 0.1) is 0 Å². The van der Waals surface area contributed by atoms with Crippen LogP contribution in [0.1, 0.15) is 5.56 Å². The smallest absolute Gasteiger partial charge is 0.148 e. The molecule has 1 fully saturated rings. The number of hydrogen-bond acceptors (Lipinski definition) is 6. The van der Waals surface area contributed by atoms with Crippen LogP contribution in [0.4, 0.5) is 5.82 Å². The Bertz CT molecular complexity index is 1010. The largest absolute Gasteiger partial charge is 0.378 e. The first kappa shape index (κ1) is 16.9. The fraction of sp³-hybridized carbons (Fsp3) is 0.263. The molecule has 1 aliphatic rings. The van der Waals surface area contributed by atoms with Gasteiger partial charge in [0, 0.05) is 13.1 Å². The van der Waals surface area contributed by atoms with Gasteiger partial charge in [0.15, 0.2) is 0 Å². The van der Waals surface area contributed by atoms with E-state index in [0.717, 1.165) is 46.6 Å². The SMILES string of the molecule is O=[SH](=O)Cc1ccccc1-c1ccc2ncc(N3CCOCC3)nc2c1. The molecule has 0 spiro atoms. The number of aromatic nitrogens is 2. The van der Waals surface area contributed by atoms with E-state index in [4.69, 9.17) is 9.72 Å². The predicted octanol–water partition coefficient (Wildman–Crippen LogP) is 2.24. The molecule has 0 aliphatic carbocycles. The van der Waals surface area contributed by atoms with E-state index in [2.05, 4.69) is 9.88 Å². The number of ether oxygens (including phenoxy) is 1. The normalized spacial score (nSPS) is 14.9. The molecule has 26 heavy (non-hydrogen) atoms. The van der Waals surface area contributed by atoms with Crippen molar-refractivity contribution in [1.29, 1.82) is 0 Å². The fourth-order valence-corrected chi connectivity index (χ4v) is 3.75. The van der Waals surface area contributed by atoms with Crippen molar-refractivity contribution in [3.05, 3.63) is 54.2 Å². The molecule has 134 valence electrons. The van der Waals surface area contributed by atoms with Gasteiger partial charge in [-0.25, -0.2) is 13.4 Å². The van der Waals surface area contributed by atoms with E-state index in [9.17, 15) is 8.42 Å². The average Bonchev–Trinajstić information content (AvgIpc) is 2.68. The number of fused-ring (bicyclic) bond motifs is 1. The van der Waals surface area contributed by atoms with Crippen molar-refractivity contribution in [1.82, 2.24) is 9.97 Å². The van der Waals surface area contributed by atoms with Crippen molar-refractivity contribution in [2.75, 3.05) is 31.2 Å². The minimum atomic E-state index is -2.48. The lowest BCUT2D eigenvalue weighted by molar-refractivity contribution is 0.122. The predicted molar refractivity (Wildman–Crippen MR) is 102 cm³/mol. The van der Waals surface area contributed by atoms with Crippen LogP contribution in [0.15, 0.2) is 48.7 Å². The Labute approximate surface area is 153 Å². The minimum absolute atomic E-state index is 0.0308. The third-order valence-electron chi connectivity index (χ3n) is 4.49. The van der Waals surface area contributed by atoms with Gasteiger partial charge in [-0.1, -0.05) is 30.3 Å². The fourth-order valence-electron chi connectivity index (χ4n) is 3.19. The number of morpholine rings is 1. The zero-order valence-electron chi connectivity index (χ0n) is 14.2. The summed E-state index contributed by atoms with van der Waals surface area (Å²) in [6.07, 6.45) is 1.79. The lowest BCUT2D eigenvalue weighted by atomic mass is 10.00. The standard InChI is InChI=1S/C19H19N3O3S/c23-26(24)13-15-3-1-2-4-16(15)14-5-6-17-18(11-14)21-19(12-20-17)22-7-9-25-10-8-22/h1-6,11-12,26H,7-10,13H2. The van der Waals surface area contributed by atoms with Gasteiger partial charge in [0.2, 0.25) is 0 Å². The molecule has 0 N–H and O–H groups in total. The number of benzene rings is 2. The third-order valence-corrected chi connectivity index (χ3v) is 5.09. The van der Waals surface area contributed by atoms with Crippen LogP contribution in [0.3, 0.4) is 0 Å². The van der Waals surface area contributed by atoms with Gasteiger partial charge in [-0.05, 0) is 28.8 Å². The van der Waals surface area contributed by atoms with Crippen LogP contribution < -0.4 is 4.90 Å². The van der Waals surface area contributed by atoms with Gasteiger partial charge in [-0.15, -0.1) is 0 Å². The maximum absolute atomic E-state index is 11.2. The molecule has 0 saturated carbocycles. The lowest BCUT2D eigenvalue weighted by Gasteiger charge is -2.27. The van der Waals surface area contributed by atoms with Crippen LogP contribution in [0.2, 0.25) is 0 Å². The highest BCUT2D eigenvalue weighted by atomic mass is 32.2. The molecule has 0 radical (unpaired) electrons. The molecule has 2 aromatic carbocycles. The number of rotatable bonds is 4. The molecule has 3 aromatic rings. The summed E-state index contributed by atoms with van der Waals surface area (Å²) in [7, 11) is -2.48. The van der Waals surface area contributed by atoms with E-state index < -0.39 is 10.7 Å². The van der Waals surface area contributed by atoms with E-state index in [0.29, 0.717) is 13.2 Å². The number of thiol groups is 1. The second-order valence-corrected chi connectivity index (χ2v) is 7.16. The number of anilines is 1. The first-order valence-electron chi connectivity index (χ1n) is 8.50. The maximum atomic E-state index is 11.2. The summed E-state index contributed by atoms with van der Waals surface area (Å²) in [5, 5.41) is 0. The Hall–Kier alpha value is -2.51. The van der Waals surface area contributed by atoms with Crippen LogP contribution >= 0.6 is 0 Å². The molecule has 0 atom stereocenters. The summed E-state index contributed by atoms with van der Waals surface area (Å²) in [4.78, 5) is 11.4. The first-order valence-corrected chi connectivity index (χ1v) is 9.86. The highest BCUT2D eigenvalue weighted by Crippen LogP contribution is 2.27. The highest BCUT2D eigenvalue weighted by Gasteiger charge is 2.14. The summed E-state index contributed by atoms with van der Waals surface area (Å²) in [6, 6.07) is 13.4. The van der Waals surface area contributed by atoms with Gasteiger partial charge >= 0.3 is 0 Å². The van der Waals surface area contributed by atoms with E-state index >= 15 is 0 Å². The minimum Gasteiger partial charge on any atom is -0.378 e. The summed E-state index contributed by atoms with van der Waals surface area (Å²) >= 11 is 0. The summed E-state index contributed by atoms with van der Waals surface area (Å²) in [6.45, 7) is 3.00. The van der Waals surface area contributed by atoms with Crippen LogP contribution in [-0.2, 0) is 21.2 Å². The van der Waals surface area contributed by atoms with Crippen molar-refractivity contribution >= 4 is 27.6 Å². The Balaban J connectivity index is 1.75. The molecule has 2 heterocycles. The quantitative estimate of drug-likeness (QED) is 0.711. The molecule has 6 nitrogen and oxygen atoms in total. The van der Waals surface area contributed by atoms with Crippen molar-refractivity contribution in [2.45, 2.75) is 5.75 Å². The molecule has 0 unspecified atom stereocenters. The molecule has 1 aliphatic heterocycles. The van der Waals surface area contributed by atoms with Crippen LogP contribution in [0.5, 0.6) is 0 Å². The van der Waals surface area contributed by atoms with Gasteiger partial charge < -0.3 is 9.64 Å². The van der Waals surface area contributed by atoms with Gasteiger partial charge in [0.25, 0.3) is 0 Å². The zero-order valence-corrected chi connectivity index (χ0v) is 15.1. The Morgan fingerprint density at radius 3 is 2.65 bits per heavy atom. The van der Waals surface area contributed by atoms with Crippen molar-refractivity contribution in [2.24, 2.45) is 0 Å². The Morgan fingerprint density at radius 2 is 1.85 bits per heavy atom. The molecular formula is C19H19N3O3S. The molecule has 0 amide bonds. The summed E-state index contributed by atoms with van der Waals surface area (Å²) in [5.74, 6) is 0.872. The van der Waals surface area contributed by atoms with E-state index in [-0.39, 0.29) is 5.75 Å². The molecule has 1 saturated heterocycles. The Kier molecular flexibility index (Phi) is 4.81. The van der Waals surface area contributed by atoms with E-state index in [1.54, 1.807) is 6.20 Å². The molecule has 7 heteroatoms. The third kappa shape index (κ3) is 3.54. The first-order chi connectivity index (χ1) is 12.7. The van der Waals surface area contributed by atoms with Gasteiger partial charge in [0.1, 0.15) is 16.5 Å². The second-order valence-electron chi connectivity index (χ2n) is 6.18. The second kappa shape index (κ2) is 7.39. The van der Waals surface area contributed by atoms with Crippen molar-refractivity contribution < 1.29 is 13.2 Å². The maximum Gasteiger partial charge on any atom is 0.148 e. The van der Waals surface area contributed by atoms with Crippen molar-refractivity contribution in [3.8, 4) is 11.1 Å². The highest BCUT2D eigenvalue weighted by molar-refractivity contribution is 7.71. The van der Waals surface area contributed by atoms with E-state index in [1.165, 1.54) is 0 Å². The monoisotopic (exact) mass is 369 g/mol. The van der Waals surface area contributed by atoms with Gasteiger partial charge in [-0.3, -0.25) is 4.98 Å². The lowest BCUT2D eigenvalue weighted by Crippen LogP contribution is -2.36. The average molecular weight is 369 g/mol. The van der Waals surface area contributed by atoms with E-state index in [1.807, 2.05) is 42.5 Å². The van der Waals surface area contributed by atoms with Crippen molar-refractivity contribution in [3.63, 3.8) is 0 Å².